The van der Waals surface area contributed by atoms with Crippen LogP contribution in [-0.2, 0) is 9.59 Å². The average molecular weight is 462 g/mol. The molecule has 1 aromatic carbocycles. The first-order chi connectivity index (χ1) is 15.5. The number of carbonyl (C=O) groups excluding carboxylic acids is 2. The summed E-state index contributed by atoms with van der Waals surface area (Å²) in [6, 6.07) is 13.6. The first kappa shape index (κ1) is 21.9. The molecule has 3 heterocycles. The van der Waals surface area contributed by atoms with Crippen molar-refractivity contribution in [2.75, 3.05) is 11.1 Å². The third-order valence-electron chi connectivity index (χ3n) is 5.03. The molecule has 2 aromatic heterocycles. The first-order valence-electron chi connectivity index (χ1n) is 9.86. The van der Waals surface area contributed by atoms with E-state index in [2.05, 4.69) is 26.3 Å². The van der Waals surface area contributed by atoms with Crippen molar-refractivity contribution in [1.82, 2.24) is 9.97 Å². The number of aliphatic imine (C=N–C) groups is 1. The average Bonchev–Trinajstić information content (AvgIpc) is 3.19. The summed E-state index contributed by atoms with van der Waals surface area (Å²) in [6.45, 7) is 3.24. The highest BCUT2D eigenvalue weighted by molar-refractivity contribution is 8.14. The van der Waals surface area contributed by atoms with Gasteiger partial charge in [-0.2, -0.15) is 5.26 Å². The standard InChI is InChI=1S/C23H19N5O2S2/c1-13-20(14(2)29)21(15-6-5-9-25-11-15)16(10-24)22(26-13)31-12-19(30)28-23-27-17-7-3-4-8-18(17)32-23/h3-9,11,16,21H,12H2,1-2H3,(H,27,28,30). The smallest absolute Gasteiger partial charge is 0.236 e. The minimum absolute atomic E-state index is 0.0788. The van der Waals surface area contributed by atoms with Crippen LogP contribution in [-0.4, -0.2) is 32.5 Å². The molecule has 0 spiro atoms. The summed E-state index contributed by atoms with van der Waals surface area (Å²) in [5.41, 5.74) is 2.67. The number of nitrogens with zero attached hydrogens (tertiary/aromatic N) is 4. The summed E-state index contributed by atoms with van der Waals surface area (Å²) in [6.07, 6.45) is 3.31. The molecule has 0 fully saturated rings. The summed E-state index contributed by atoms with van der Waals surface area (Å²) >= 11 is 2.61. The number of allylic oxidation sites excluding steroid dienone is 2. The molecule has 32 heavy (non-hydrogen) atoms. The summed E-state index contributed by atoms with van der Waals surface area (Å²) in [7, 11) is 0. The van der Waals surface area contributed by atoms with E-state index in [-0.39, 0.29) is 17.4 Å². The largest absolute Gasteiger partial charge is 0.301 e. The van der Waals surface area contributed by atoms with Crippen LogP contribution < -0.4 is 5.32 Å². The van der Waals surface area contributed by atoms with Gasteiger partial charge < -0.3 is 5.32 Å². The number of ketones is 1. The van der Waals surface area contributed by atoms with E-state index in [1.807, 2.05) is 30.3 Å². The van der Waals surface area contributed by atoms with Gasteiger partial charge in [0.15, 0.2) is 10.9 Å². The molecule has 2 atom stereocenters. The minimum Gasteiger partial charge on any atom is -0.301 e. The van der Waals surface area contributed by atoms with Crippen molar-refractivity contribution in [2.24, 2.45) is 10.9 Å². The molecule has 4 rings (SSSR count). The van der Waals surface area contributed by atoms with Gasteiger partial charge in [-0.15, -0.1) is 0 Å². The third-order valence-corrected chi connectivity index (χ3v) is 7.03. The summed E-state index contributed by atoms with van der Waals surface area (Å²) in [5.74, 6) is -1.43. The molecule has 0 aliphatic carbocycles. The Kier molecular flexibility index (Phi) is 6.44. The molecule has 0 saturated heterocycles. The van der Waals surface area contributed by atoms with Gasteiger partial charge >= 0.3 is 0 Å². The van der Waals surface area contributed by atoms with Crippen molar-refractivity contribution in [2.45, 2.75) is 19.8 Å². The highest BCUT2D eigenvalue weighted by Gasteiger charge is 2.37. The van der Waals surface area contributed by atoms with Gasteiger partial charge in [-0.1, -0.05) is 41.3 Å². The van der Waals surface area contributed by atoms with E-state index in [1.54, 1.807) is 25.4 Å². The van der Waals surface area contributed by atoms with Gasteiger partial charge in [0.25, 0.3) is 0 Å². The Bertz CT molecular complexity index is 1260. The number of hydrogen-bond acceptors (Lipinski definition) is 8. The second-order valence-corrected chi connectivity index (χ2v) is 9.23. The molecular weight excluding hydrogens is 442 g/mol. The highest BCUT2D eigenvalue weighted by atomic mass is 32.2. The Morgan fingerprint density at radius 2 is 2.06 bits per heavy atom. The van der Waals surface area contributed by atoms with Gasteiger partial charge in [0, 0.05) is 29.6 Å². The number of carbonyl (C=O) groups is 2. The zero-order valence-corrected chi connectivity index (χ0v) is 19.0. The van der Waals surface area contributed by atoms with Crippen LogP contribution in [0.2, 0.25) is 0 Å². The number of pyridine rings is 1. The van der Waals surface area contributed by atoms with E-state index in [0.717, 1.165) is 15.8 Å². The van der Waals surface area contributed by atoms with Gasteiger partial charge in [0.1, 0.15) is 5.92 Å². The number of anilines is 1. The molecule has 0 bridgehead atoms. The van der Waals surface area contributed by atoms with Gasteiger partial charge in [-0.05, 0) is 37.6 Å². The lowest BCUT2D eigenvalue weighted by Gasteiger charge is -2.29. The van der Waals surface area contributed by atoms with Crippen LogP contribution in [0.3, 0.4) is 0 Å². The van der Waals surface area contributed by atoms with Crippen molar-refractivity contribution in [3.8, 4) is 6.07 Å². The van der Waals surface area contributed by atoms with Crippen molar-refractivity contribution in [1.29, 1.82) is 5.26 Å². The lowest BCUT2D eigenvalue weighted by atomic mass is 9.78. The number of nitrogens with one attached hydrogen (secondary N) is 1. The Morgan fingerprint density at radius 1 is 1.25 bits per heavy atom. The number of amides is 1. The maximum absolute atomic E-state index is 12.6. The molecule has 3 aromatic rings. The zero-order valence-electron chi connectivity index (χ0n) is 17.4. The van der Waals surface area contributed by atoms with Crippen molar-refractivity contribution in [3.05, 3.63) is 65.6 Å². The first-order valence-corrected chi connectivity index (χ1v) is 11.7. The number of para-hydroxylation sites is 1. The summed E-state index contributed by atoms with van der Waals surface area (Å²) in [4.78, 5) is 38.0. The van der Waals surface area contributed by atoms with Crippen LogP contribution in [0.15, 0.2) is 65.1 Å². The van der Waals surface area contributed by atoms with Gasteiger partial charge in [-0.3, -0.25) is 14.6 Å². The molecular formula is C23H19N5O2S2. The van der Waals surface area contributed by atoms with Gasteiger partial charge in [0.2, 0.25) is 5.91 Å². The molecule has 0 saturated carbocycles. The normalized spacial score (nSPS) is 18.2. The van der Waals surface area contributed by atoms with Crippen LogP contribution in [0.4, 0.5) is 5.13 Å². The maximum Gasteiger partial charge on any atom is 0.236 e. The van der Waals surface area contributed by atoms with E-state index in [1.165, 1.54) is 30.0 Å². The topological polar surface area (TPSA) is 108 Å². The maximum atomic E-state index is 12.6. The number of Topliss-reactive ketones (excluding diaryl/α,β-unsaturated/α-hetero) is 1. The molecule has 1 amide bonds. The number of thiazole rings is 1. The third kappa shape index (κ3) is 4.47. The fourth-order valence-electron chi connectivity index (χ4n) is 3.69. The van der Waals surface area contributed by atoms with Crippen LogP contribution in [0.25, 0.3) is 10.2 Å². The fourth-order valence-corrected chi connectivity index (χ4v) is 5.50. The number of rotatable bonds is 5. The number of fused-ring (bicyclic) bond motifs is 1. The Morgan fingerprint density at radius 3 is 2.75 bits per heavy atom. The van der Waals surface area contributed by atoms with E-state index in [4.69, 9.17) is 0 Å². The minimum atomic E-state index is -0.679. The van der Waals surface area contributed by atoms with Crippen molar-refractivity contribution >= 4 is 55.2 Å². The Balaban J connectivity index is 1.54. The summed E-state index contributed by atoms with van der Waals surface area (Å²) in [5, 5.41) is 13.8. The molecule has 1 aliphatic heterocycles. The van der Waals surface area contributed by atoms with Gasteiger partial charge in [-0.25, -0.2) is 9.98 Å². The molecule has 160 valence electrons. The fraction of sp³-hybridized carbons (Fsp3) is 0.217. The number of thioether (sulfide) groups is 1. The van der Waals surface area contributed by atoms with Crippen LogP contribution >= 0.6 is 23.1 Å². The number of benzene rings is 1. The van der Waals surface area contributed by atoms with E-state index in [0.29, 0.717) is 21.4 Å². The number of nitriles is 1. The van der Waals surface area contributed by atoms with E-state index >= 15 is 0 Å². The molecule has 1 N–H and O–H groups in total. The lowest BCUT2D eigenvalue weighted by Crippen LogP contribution is -2.29. The van der Waals surface area contributed by atoms with Crippen molar-refractivity contribution < 1.29 is 9.59 Å². The SMILES string of the molecule is CC(=O)C1=C(C)N=C(SCC(=O)Nc2nc3ccccc3s2)C(C#N)C1c1cccnc1. The monoisotopic (exact) mass is 461 g/mol. The second kappa shape index (κ2) is 9.42. The predicted molar refractivity (Wildman–Crippen MR) is 128 cm³/mol. The summed E-state index contributed by atoms with van der Waals surface area (Å²) < 4.78 is 0.994. The molecule has 7 nitrogen and oxygen atoms in total. The van der Waals surface area contributed by atoms with Gasteiger partial charge in [0.05, 0.1) is 27.1 Å². The Labute approximate surface area is 193 Å². The highest BCUT2D eigenvalue weighted by Crippen LogP contribution is 2.41. The second-order valence-electron chi connectivity index (χ2n) is 7.20. The quantitative estimate of drug-likeness (QED) is 0.597. The molecule has 9 heteroatoms. The van der Waals surface area contributed by atoms with Crippen LogP contribution in [0, 0.1) is 17.2 Å². The van der Waals surface area contributed by atoms with E-state index < -0.39 is 11.8 Å². The Hall–Kier alpha value is -3.35. The van der Waals surface area contributed by atoms with Crippen molar-refractivity contribution in [3.63, 3.8) is 0 Å². The zero-order chi connectivity index (χ0) is 22.7. The lowest BCUT2D eigenvalue weighted by molar-refractivity contribution is -0.114. The van der Waals surface area contributed by atoms with E-state index in [9.17, 15) is 14.9 Å². The predicted octanol–water partition coefficient (Wildman–Crippen LogP) is 4.56. The molecule has 2 unspecified atom stereocenters. The number of aromatic nitrogens is 2. The molecule has 1 aliphatic rings. The van der Waals surface area contributed by atoms with Crippen LogP contribution in [0.5, 0.6) is 0 Å². The number of hydrogen-bond donors (Lipinski definition) is 1. The van der Waals surface area contributed by atoms with Crippen LogP contribution in [0.1, 0.15) is 25.3 Å². The molecule has 0 radical (unpaired) electrons.